The van der Waals surface area contributed by atoms with Crippen molar-refractivity contribution >= 4 is 40.0 Å². The molecule has 0 fully saturated rings. The number of sulfonamides is 1. The number of nitrogens with zero attached hydrogens (tertiary/aromatic N) is 1. The van der Waals surface area contributed by atoms with Gasteiger partial charge in [0.05, 0.1) is 12.8 Å². The van der Waals surface area contributed by atoms with E-state index in [1.807, 2.05) is 6.92 Å². The van der Waals surface area contributed by atoms with Gasteiger partial charge in [-0.15, -0.1) is 24.0 Å². The van der Waals surface area contributed by atoms with E-state index in [1.165, 1.54) is 12.1 Å². The fourth-order valence-corrected chi connectivity index (χ4v) is 3.20. The van der Waals surface area contributed by atoms with E-state index in [0.717, 1.165) is 18.2 Å². The summed E-state index contributed by atoms with van der Waals surface area (Å²) in [6, 6.07) is 6.38. The van der Waals surface area contributed by atoms with Crippen LogP contribution in [0.15, 0.2) is 29.3 Å². The zero-order valence-electron chi connectivity index (χ0n) is 15.1. The van der Waals surface area contributed by atoms with Crippen molar-refractivity contribution in [2.24, 2.45) is 4.99 Å². The highest BCUT2D eigenvalue weighted by molar-refractivity contribution is 14.0. The minimum Gasteiger partial charge on any atom is -0.357 e. The number of halogens is 2. The Bertz CT molecular complexity index is 649. The molecule has 1 aromatic rings. The van der Waals surface area contributed by atoms with E-state index >= 15 is 0 Å². The second-order valence-corrected chi connectivity index (χ2v) is 8.00. The number of nitrogens with one attached hydrogen (secondary N) is 3. The Hall–Kier alpha value is -0.940. The van der Waals surface area contributed by atoms with E-state index in [9.17, 15) is 12.8 Å². The second-order valence-electron chi connectivity index (χ2n) is 6.26. The summed E-state index contributed by atoms with van der Waals surface area (Å²) in [6.07, 6.45) is 1.86. The first kappa shape index (κ1) is 24.1. The molecular formula is C16H28FIN4O2S. The molecule has 25 heavy (non-hydrogen) atoms. The third-order valence-electron chi connectivity index (χ3n) is 3.06. The molecule has 1 aromatic carbocycles. The van der Waals surface area contributed by atoms with Gasteiger partial charge in [-0.1, -0.05) is 12.1 Å². The van der Waals surface area contributed by atoms with Crippen molar-refractivity contribution in [2.75, 3.05) is 25.9 Å². The molecule has 0 bridgehead atoms. The van der Waals surface area contributed by atoms with Crippen LogP contribution in [0.25, 0.3) is 0 Å². The molecule has 0 aliphatic rings. The van der Waals surface area contributed by atoms with Crippen LogP contribution in [0.3, 0.4) is 0 Å². The lowest BCUT2D eigenvalue weighted by molar-refractivity contribution is 0.464. The molecule has 0 amide bonds. The highest BCUT2D eigenvalue weighted by Gasteiger charge is 2.21. The lowest BCUT2D eigenvalue weighted by atomic mass is 10.1. The lowest BCUT2D eigenvalue weighted by Gasteiger charge is -2.23. The fourth-order valence-electron chi connectivity index (χ4n) is 2.13. The fraction of sp³-hybridized carbons (Fsp3) is 0.562. The molecular weight excluding hydrogens is 458 g/mol. The van der Waals surface area contributed by atoms with Crippen LogP contribution in [0.5, 0.6) is 0 Å². The molecule has 0 saturated carbocycles. The number of benzene rings is 1. The van der Waals surface area contributed by atoms with Gasteiger partial charge >= 0.3 is 0 Å². The third-order valence-corrected chi connectivity index (χ3v) is 3.98. The maximum absolute atomic E-state index is 12.9. The molecule has 6 nitrogen and oxygen atoms in total. The van der Waals surface area contributed by atoms with Gasteiger partial charge in [0.2, 0.25) is 10.0 Å². The summed E-state index contributed by atoms with van der Waals surface area (Å²) < 4.78 is 38.1. The molecule has 0 unspecified atom stereocenters. The zero-order valence-corrected chi connectivity index (χ0v) is 18.2. The maximum Gasteiger partial charge on any atom is 0.209 e. The molecule has 0 aliphatic carbocycles. The monoisotopic (exact) mass is 486 g/mol. The Morgan fingerprint density at radius 2 is 1.80 bits per heavy atom. The first-order valence-corrected chi connectivity index (χ1v) is 9.76. The predicted octanol–water partition coefficient (Wildman–Crippen LogP) is 1.87. The van der Waals surface area contributed by atoms with Gasteiger partial charge < -0.3 is 10.6 Å². The van der Waals surface area contributed by atoms with Crippen molar-refractivity contribution in [2.45, 2.75) is 32.7 Å². The van der Waals surface area contributed by atoms with Crippen molar-refractivity contribution in [3.8, 4) is 0 Å². The molecule has 0 saturated heterocycles. The van der Waals surface area contributed by atoms with Crippen LogP contribution in [0.2, 0.25) is 0 Å². The van der Waals surface area contributed by atoms with Crippen LogP contribution in [-0.4, -0.2) is 45.8 Å². The van der Waals surface area contributed by atoms with Crippen LogP contribution < -0.4 is 15.4 Å². The number of guanidine groups is 1. The van der Waals surface area contributed by atoms with E-state index in [0.29, 0.717) is 25.6 Å². The SMILES string of the molecule is CCNC(=NCC(C)(C)NS(C)(=O)=O)NCCc1ccc(F)cc1.I. The summed E-state index contributed by atoms with van der Waals surface area (Å²) in [5.74, 6) is 0.366. The van der Waals surface area contributed by atoms with Gasteiger partial charge in [0.1, 0.15) is 5.82 Å². The van der Waals surface area contributed by atoms with Gasteiger partial charge in [-0.3, -0.25) is 4.99 Å². The Morgan fingerprint density at radius 1 is 1.20 bits per heavy atom. The van der Waals surface area contributed by atoms with E-state index in [1.54, 1.807) is 26.0 Å². The Kier molecular flexibility index (Phi) is 10.5. The first-order chi connectivity index (χ1) is 11.1. The minimum absolute atomic E-state index is 0. The highest BCUT2D eigenvalue weighted by Crippen LogP contribution is 2.05. The quantitative estimate of drug-likeness (QED) is 0.298. The molecule has 0 aliphatic heterocycles. The van der Waals surface area contributed by atoms with Gasteiger partial charge in [-0.25, -0.2) is 17.5 Å². The molecule has 0 spiro atoms. The molecule has 0 heterocycles. The minimum atomic E-state index is -3.29. The second kappa shape index (κ2) is 10.9. The largest absolute Gasteiger partial charge is 0.357 e. The summed E-state index contributed by atoms with van der Waals surface area (Å²) in [4.78, 5) is 4.42. The van der Waals surface area contributed by atoms with E-state index in [4.69, 9.17) is 0 Å². The molecule has 9 heteroatoms. The topological polar surface area (TPSA) is 82.6 Å². The Morgan fingerprint density at radius 3 is 2.32 bits per heavy atom. The normalized spacial score (nSPS) is 12.4. The van der Waals surface area contributed by atoms with Crippen LogP contribution in [-0.2, 0) is 16.4 Å². The molecule has 1 rings (SSSR count). The van der Waals surface area contributed by atoms with E-state index < -0.39 is 15.6 Å². The van der Waals surface area contributed by atoms with E-state index in [2.05, 4.69) is 20.3 Å². The van der Waals surface area contributed by atoms with Crippen molar-refractivity contribution < 1.29 is 12.8 Å². The van der Waals surface area contributed by atoms with Crippen molar-refractivity contribution in [1.82, 2.24) is 15.4 Å². The van der Waals surface area contributed by atoms with Crippen LogP contribution in [0, 0.1) is 5.82 Å². The zero-order chi connectivity index (χ0) is 18.2. The smallest absolute Gasteiger partial charge is 0.209 e. The third kappa shape index (κ3) is 11.3. The maximum atomic E-state index is 12.9. The molecule has 0 aromatic heterocycles. The van der Waals surface area contributed by atoms with Gasteiger partial charge in [-0.2, -0.15) is 0 Å². The van der Waals surface area contributed by atoms with Crippen LogP contribution in [0.4, 0.5) is 4.39 Å². The highest BCUT2D eigenvalue weighted by atomic mass is 127. The number of rotatable bonds is 8. The molecule has 3 N–H and O–H groups in total. The number of hydrogen-bond donors (Lipinski definition) is 3. The lowest BCUT2D eigenvalue weighted by Crippen LogP contribution is -2.47. The van der Waals surface area contributed by atoms with Crippen molar-refractivity contribution in [3.05, 3.63) is 35.6 Å². The molecule has 144 valence electrons. The summed E-state index contributed by atoms with van der Waals surface area (Å²) in [7, 11) is -3.29. The first-order valence-electron chi connectivity index (χ1n) is 7.87. The average molecular weight is 486 g/mol. The molecule has 0 radical (unpaired) electrons. The number of hydrogen-bond acceptors (Lipinski definition) is 3. The van der Waals surface area contributed by atoms with Gasteiger partial charge in [-0.05, 0) is 44.9 Å². The van der Waals surface area contributed by atoms with E-state index in [-0.39, 0.29) is 29.8 Å². The summed E-state index contributed by atoms with van der Waals surface area (Å²) in [5.41, 5.74) is 0.353. The van der Waals surface area contributed by atoms with Crippen LogP contribution >= 0.6 is 24.0 Å². The van der Waals surface area contributed by atoms with Crippen molar-refractivity contribution in [1.29, 1.82) is 0 Å². The summed E-state index contributed by atoms with van der Waals surface area (Å²) >= 11 is 0. The predicted molar refractivity (Wildman–Crippen MR) is 112 cm³/mol. The number of aliphatic imine (C=N–C) groups is 1. The average Bonchev–Trinajstić information content (AvgIpc) is 2.44. The van der Waals surface area contributed by atoms with Crippen LogP contribution in [0.1, 0.15) is 26.3 Å². The Balaban J connectivity index is 0.00000576. The summed E-state index contributed by atoms with van der Waals surface area (Å²) in [5, 5.41) is 6.30. The van der Waals surface area contributed by atoms with Crippen molar-refractivity contribution in [3.63, 3.8) is 0 Å². The van der Waals surface area contributed by atoms with Gasteiger partial charge in [0.25, 0.3) is 0 Å². The molecule has 0 atom stereocenters. The summed E-state index contributed by atoms with van der Waals surface area (Å²) in [6.45, 7) is 7.14. The standard InChI is InChI=1S/C16H27FN4O2S.HI/c1-5-18-15(20-12-16(2,3)21-24(4,22)23)19-11-10-13-6-8-14(17)9-7-13;/h6-9,21H,5,10-12H2,1-4H3,(H2,18,19,20);1H. The van der Waals surface area contributed by atoms with Gasteiger partial charge in [0.15, 0.2) is 5.96 Å². The van der Waals surface area contributed by atoms with Gasteiger partial charge in [0, 0.05) is 18.6 Å². The Labute approximate surface area is 167 Å².